The predicted octanol–water partition coefficient (Wildman–Crippen LogP) is 0.293. The number of nitrogens with one attached hydrogen (secondary N) is 1. The highest BCUT2D eigenvalue weighted by atomic mass is 16.5. The van der Waals surface area contributed by atoms with Crippen LogP contribution in [0.2, 0.25) is 0 Å². The highest BCUT2D eigenvalue weighted by Crippen LogP contribution is 2.36. The Hall–Kier alpha value is -1.10. The Morgan fingerprint density at radius 2 is 2.17 bits per heavy atom. The van der Waals surface area contributed by atoms with Crippen LogP contribution in [0, 0.1) is 5.92 Å². The van der Waals surface area contributed by atoms with Crippen LogP contribution in [0.5, 0.6) is 0 Å². The van der Waals surface area contributed by atoms with Crippen molar-refractivity contribution < 1.29 is 14.3 Å². The molecule has 0 aromatic rings. The Kier molecular flexibility index (Phi) is 2.81. The van der Waals surface area contributed by atoms with Crippen molar-refractivity contribution in [1.29, 1.82) is 0 Å². The molecule has 3 aliphatic rings. The predicted molar refractivity (Wildman–Crippen MR) is 64.8 cm³/mol. The molecule has 1 N–H and O–H groups in total. The van der Waals surface area contributed by atoms with Gasteiger partial charge in [0.15, 0.2) is 0 Å². The van der Waals surface area contributed by atoms with Crippen molar-refractivity contribution in [2.45, 2.75) is 44.2 Å². The van der Waals surface area contributed by atoms with E-state index < -0.39 is 0 Å². The minimum absolute atomic E-state index is 0.0294. The normalized spacial score (nSPS) is 37.6. The van der Waals surface area contributed by atoms with E-state index in [1.165, 1.54) is 0 Å². The molecular weight excluding hydrogens is 232 g/mol. The van der Waals surface area contributed by atoms with Crippen LogP contribution in [-0.4, -0.2) is 48.1 Å². The average Bonchev–Trinajstić information content (AvgIpc) is 3.16. The maximum atomic E-state index is 12.5. The standard InChI is InChI=1S/C13H20N2O3/c1-13(5-2-6-18-8-13)15-7-10(16)14-11(12(15)17)9-3-4-9/h9,11H,2-8H2,1H3,(H,14,16). The molecule has 0 aromatic carbocycles. The van der Waals surface area contributed by atoms with Gasteiger partial charge in [-0.3, -0.25) is 9.59 Å². The molecule has 2 heterocycles. The van der Waals surface area contributed by atoms with Gasteiger partial charge in [0.25, 0.3) is 0 Å². The second-order valence-electron chi connectivity index (χ2n) is 5.96. The van der Waals surface area contributed by atoms with Gasteiger partial charge in [-0.1, -0.05) is 0 Å². The van der Waals surface area contributed by atoms with Gasteiger partial charge in [-0.2, -0.15) is 0 Å². The monoisotopic (exact) mass is 252 g/mol. The molecule has 3 fully saturated rings. The zero-order valence-corrected chi connectivity index (χ0v) is 10.8. The largest absolute Gasteiger partial charge is 0.379 e. The summed E-state index contributed by atoms with van der Waals surface area (Å²) in [5.74, 6) is 0.417. The van der Waals surface area contributed by atoms with E-state index in [0.717, 1.165) is 32.3 Å². The van der Waals surface area contributed by atoms with Crippen LogP contribution in [-0.2, 0) is 14.3 Å². The van der Waals surface area contributed by atoms with Gasteiger partial charge in [-0.25, -0.2) is 0 Å². The van der Waals surface area contributed by atoms with E-state index in [0.29, 0.717) is 12.5 Å². The lowest BCUT2D eigenvalue weighted by atomic mass is 9.90. The van der Waals surface area contributed by atoms with Crippen LogP contribution in [0.25, 0.3) is 0 Å². The molecule has 2 aliphatic heterocycles. The maximum Gasteiger partial charge on any atom is 0.246 e. The molecule has 2 atom stereocenters. The first kappa shape index (κ1) is 12.0. The number of hydrogen-bond acceptors (Lipinski definition) is 3. The highest BCUT2D eigenvalue weighted by Gasteiger charge is 2.48. The highest BCUT2D eigenvalue weighted by molar-refractivity contribution is 5.95. The number of carbonyl (C=O) groups excluding carboxylic acids is 2. The van der Waals surface area contributed by atoms with E-state index >= 15 is 0 Å². The van der Waals surface area contributed by atoms with Crippen molar-refractivity contribution in [2.24, 2.45) is 5.92 Å². The second kappa shape index (κ2) is 4.23. The molecular formula is C13H20N2O3. The first-order chi connectivity index (χ1) is 8.60. The van der Waals surface area contributed by atoms with E-state index in [9.17, 15) is 9.59 Å². The number of ether oxygens (including phenoxy) is 1. The summed E-state index contributed by atoms with van der Waals surface area (Å²) in [7, 11) is 0. The van der Waals surface area contributed by atoms with Gasteiger partial charge in [0, 0.05) is 6.61 Å². The number of nitrogens with zero attached hydrogens (tertiary/aromatic N) is 1. The van der Waals surface area contributed by atoms with E-state index in [-0.39, 0.29) is 29.9 Å². The molecule has 0 bridgehead atoms. The minimum atomic E-state index is -0.305. The first-order valence-electron chi connectivity index (χ1n) is 6.79. The van der Waals surface area contributed by atoms with E-state index in [1.54, 1.807) is 4.90 Å². The molecule has 1 saturated carbocycles. The van der Waals surface area contributed by atoms with Crippen LogP contribution in [0.1, 0.15) is 32.6 Å². The summed E-state index contributed by atoms with van der Waals surface area (Å²) in [5.41, 5.74) is -0.305. The topological polar surface area (TPSA) is 58.6 Å². The van der Waals surface area contributed by atoms with Crippen molar-refractivity contribution in [3.8, 4) is 0 Å². The van der Waals surface area contributed by atoms with Gasteiger partial charge in [-0.05, 0) is 38.5 Å². The molecule has 0 radical (unpaired) electrons. The zero-order chi connectivity index (χ0) is 12.8. The fraction of sp³-hybridized carbons (Fsp3) is 0.846. The molecule has 2 amide bonds. The number of carbonyl (C=O) groups is 2. The molecule has 0 spiro atoms. The van der Waals surface area contributed by atoms with Gasteiger partial charge in [-0.15, -0.1) is 0 Å². The molecule has 2 unspecified atom stereocenters. The van der Waals surface area contributed by atoms with Gasteiger partial charge in [0.1, 0.15) is 12.6 Å². The lowest BCUT2D eigenvalue weighted by Gasteiger charge is -2.46. The molecule has 18 heavy (non-hydrogen) atoms. The summed E-state index contributed by atoms with van der Waals surface area (Å²) >= 11 is 0. The third-order valence-corrected chi connectivity index (χ3v) is 4.31. The lowest BCUT2D eigenvalue weighted by molar-refractivity contribution is -0.156. The molecule has 5 heteroatoms. The van der Waals surface area contributed by atoms with E-state index in [2.05, 4.69) is 5.32 Å². The summed E-state index contributed by atoms with van der Waals surface area (Å²) in [4.78, 5) is 26.1. The van der Waals surface area contributed by atoms with Gasteiger partial charge in [0.05, 0.1) is 12.1 Å². The summed E-state index contributed by atoms with van der Waals surface area (Å²) in [6.45, 7) is 3.52. The van der Waals surface area contributed by atoms with Crippen molar-refractivity contribution in [3.63, 3.8) is 0 Å². The third kappa shape index (κ3) is 2.00. The van der Waals surface area contributed by atoms with Crippen molar-refractivity contribution in [3.05, 3.63) is 0 Å². The van der Waals surface area contributed by atoms with Crippen molar-refractivity contribution in [1.82, 2.24) is 10.2 Å². The molecule has 5 nitrogen and oxygen atoms in total. The summed E-state index contributed by atoms with van der Waals surface area (Å²) in [6, 6.07) is -0.287. The van der Waals surface area contributed by atoms with Crippen molar-refractivity contribution >= 4 is 11.8 Å². The fourth-order valence-corrected chi connectivity index (χ4v) is 3.01. The quantitative estimate of drug-likeness (QED) is 0.768. The summed E-state index contributed by atoms with van der Waals surface area (Å²) in [5, 5.41) is 2.84. The van der Waals surface area contributed by atoms with Crippen LogP contribution < -0.4 is 5.32 Å². The Morgan fingerprint density at radius 3 is 2.78 bits per heavy atom. The van der Waals surface area contributed by atoms with Crippen LogP contribution >= 0.6 is 0 Å². The number of amides is 2. The molecule has 3 rings (SSSR count). The molecule has 1 aliphatic carbocycles. The van der Waals surface area contributed by atoms with Crippen LogP contribution in [0.3, 0.4) is 0 Å². The first-order valence-corrected chi connectivity index (χ1v) is 6.79. The smallest absolute Gasteiger partial charge is 0.246 e. The van der Waals surface area contributed by atoms with Crippen LogP contribution in [0.15, 0.2) is 0 Å². The molecule has 0 aromatic heterocycles. The van der Waals surface area contributed by atoms with Gasteiger partial charge < -0.3 is 15.0 Å². The Balaban J connectivity index is 1.80. The van der Waals surface area contributed by atoms with E-state index in [4.69, 9.17) is 4.74 Å². The SMILES string of the molecule is CC1(N2CC(=O)NC(C3CC3)C2=O)CCCOC1. The summed E-state index contributed by atoms with van der Waals surface area (Å²) < 4.78 is 5.51. The molecule has 2 saturated heterocycles. The molecule has 100 valence electrons. The minimum Gasteiger partial charge on any atom is -0.379 e. The Morgan fingerprint density at radius 1 is 1.39 bits per heavy atom. The second-order valence-corrected chi connectivity index (χ2v) is 5.96. The van der Waals surface area contributed by atoms with Crippen molar-refractivity contribution in [2.75, 3.05) is 19.8 Å². The number of hydrogen-bond donors (Lipinski definition) is 1. The zero-order valence-electron chi connectivity index (χ0n) is 10.8. The number of piperazine rings is 1. The Labute approximate surface area is 107 Å². The fourth-order valence-electron chi connectivity index (χ4n) is 3.01. The average molecular weight is 252 g/mol. The van der Waals surface area contributed by atoms with Gasteiger partial charge in [0.2, 0.25) is 11.8 Å². The summed E-state index contributed by atoms with van der Waals surface area (Å²) in [6.07, 6.45) is 3.98. The third-order valence-electron chi connectivity index (χ3n) is 4.31. The maximum absolute atomic E-state index is 12.5. The lowest BCUT2D eigenvalue weighted by Crippen LogP contribution is -2.66. The van der Waals surface area contributed by atoms with E-state index in [1.807, 2.05) is 6.92 Å². The van der Waals surface area contributed by atoms with Crippen LogP contribution in [0.4, 0.5) is 0 Å². The Bertz CT molecular complexity index is 372. The van der Waals surface area contributed by atoms with Gasteiger partial charge >= 0.3 is 0 Å². The number of rotatable bonds is 2.